The van der Waals surface area contributed by atoms with Crippen LogP contribution in [0, 0.1) is 0 Å². The molecule has 2 aromatic carbocycles. The van der Waals surface area contributed by atoms with Crippen molar-refractivity contribution in [2.75, 3.05) is 0 Å². The van der Waals surface area contributed by atoms with Crippen LogP contribution in [-0.2, 0) is 24.6 Å². The highest BCUT2D eigenvalue weighted by molar-refractivity contribution is 6.17. The molecule has 0 N–H and O–H groups in total. The maximum Gasteiger partial charge on any atom is 0.0474 e. The smallest absolute Gasteiger partial charge is 0.0474 e. The van der Waals surface area contributed by atoms with Gasteiger partial charge in [-0.3, -0.25) is 0 Å². The van der Waals surface area contributed by atoms with Gasteiger partial charge in [0.2, 0.25) is 0 Å². The highest BCUT2D eigenvalue weighted by atomic mass is 35.5. The molecule has 1 aliphatic rings. The van der Waals surface area contributed by atoms with Gasteiger partial charge >= 0.3 is 0 Å². The maximum atomic E-state index is 5.89. The largest absolute Gasteiger partial charge is 0.122 e. The molecule has 0 bridgehead atoms. The van der Waals surface area contributed by atoms with E-state index in [1.807, 2.05) is 0 Å². The van der Waals surface area contributed by atoms with Gasteiger partial charge in [0.05, 0.1) is 0 Å². The fourth-order valence-corrected chi connectivity index (χ4v) is 3.00. The van der Waals surface area contributed by atoms with Crippen molar-refractivity contribution >= 4 is 23.2 Å². The number of halogens is 2. The lowest BCUT2D eigenvalue weighted by Crippen LogP contribution is -2.05. The first-order chi connectivity index (χ1) is 8.81. The van der Waals surface area contributed by atoms with Gasteiger partial charge in [0.25, 0.3) is 0 Å². The van der Waals surface area contributed by atoms with E-state index in [0.29, 0.717) is 11.8 Å². The quantitative estimate of drug-likeness (QED) is 0.683. The van der Waals surface area contributed by atoms with E-state index in [1.165, 1.54) is 33.4 Å². The summed E-state index contributed by atoms with van der Waals surface area (Å²) in [4.78, 5) is 0. The van der Waals surface area contributed by atoms with Gasteiger partial charge in [-0.15, -0.1) is 23.2 Å². The molecule has 18 heavy (non-hydrogen) atoms. The van der Waals surface area contributed by atoms with Gasteiger partial charge in [-0.25, -0.2) is 0 Å². The Hall–Kier alpha value is -0.980. The van der Waals surface area contributed by atoms with Crippen LogP contribution < -0.4 is 0 Å². The fourth-order valence-electron chi connectivity index (χ4n) is 2.67. The number of alkyl halides is 2. The van der Waals surface area contributed by atoms with Crippen molar-refractivity contribution in [3.63, 3.8) is 0 Å². The number of benzene rings is 2. The van der Waals surface area contributed by atoms with Crippen LogP contribution in [0.15, 0.2) is 36.4 Å². The lowest BCUT2D eigenvalue weighted by Gasteiger charge is -2.21. The van der Waals surface area contributed by atoms with Crippen molar-refractivity contribution in [2.45, 2.75) is 24.6 Å². The SMILES string of the molecule is ClCc1ccc2c(c1)CCc1cc(CCl)ccc1-2. The second-order valence-electron chi connectivity index (χ2n) is 4.75. The first kappa shape index (κ1) is 12.1. The first-order valence-corrected chi connectivity index (χ1v) is 7.24. The predicted octanol–water partition coefficient (Wildman–Crippen LogP) is 4.93. The van der Waals surface area contributed by atoms with Crippen LogP contribution in [0.2, 0.25) is 0 Å². The number of aryl methyl sites for hydroxylation is 2. The Balaban J connectivity index is 2.11. The van der Waals surface area contributed by atoms with Crippen molar-refractivity contribution in [3.8, 4) is 11.1 Å². The van der Waals surface area contributed by atoms with E-state index in [2.05, 4.69) is 36.4 Å². The Morgan fingerprint density at radius 2 is 1.17 bits per heavy atom. The molecule has 0 spiro atoms. The Labute approximate surface area is 118 Å². The van der Waals surface area contributed by atoms with E-state index in [0.717, 1.165) is 12.8 Å². The molecule has 2 heteroatoms. The number of fused-ring (bicyclic) bond motifs is 3. The normalized spacial score (nSPS) is 13.0. The minimum atomic E-state index is 0.589. The Kier molecular flexibility index (Phi) is 3.32. The van der Waals surface area contributed by atoms with Gasteiger partial charge in [-0.05, 0) is 46.2 Å². The standard InChI is InChI=1S/C16H14Cl2/c17-9-11-1-5-15-13(7-11)3-4-14-8-12(10-18)2-6-16(14)15/h1-2,5-8H,3-4,9-10H2. The summed E-state index contributed by atoms with van der Waals surface area (Å²) in [5, 5.41) is 0. The second kappa shape index (κ2) is 4.95. The third-order valence-electron chi connectivity index (χ3n) is 3.60. The second-order valence-corrected chi connectivity index (χ2v) is 5.28. The molecule has 92 valence electrons. The lowest BCUT2D eigenvalue weighted by atomic mass is 9.84. The highest BCUT2D eigenvalue weighted by Crippen LogP contribution is 2.34. The number of hydrogen-bond donors (Lipinski definition) is 0. The maximum absolute atomic E-state index is 5.89. The number of hydrogen-bond acceptors (Lipinski definition) is 0. The van der Waals surface area contributed by atoms with Gasteiger partial charge in [-0.2, -0.15) is 0 Å². The monoisotopic (exact) mass is 276 g/mol. The van der Waals surface area contributed by atoms with Crippen LogP contribution in [0.1, 0.15) is 22.3 Å². The van der Waals surface area contributed by atoms with Crippen LogP contribution >= 0.6 is 23.2 Å². The molecule has 0 aliphatic heterocycles. The van der Waals surface area contributed by atoms with E-state index >= 15 is 0 Å². The molecule has 0 heterocycles. The highest BCUT2D eigenvalue weighted by Gasteiger charge is 2.16. The molecule has 0 amide bonds. The Bertz CT molecular complexity index is 534. The Morgan fingerprint density at radius 1 is 0.722 bits per heavy atom. The molecule has 1 aliphatic carbocycles. The topological polar surface area (TPSA) is 0 Å². The van der Waals surface area contributed by atoms with Gasteiger partial charge in [0.1, 0.15) is 0 Å². The van der Waals surface area contributed by atoms with Gasteiger partial charge in [0, 0.05) is 11.8 Å². The molecule has 3 rings (SSSR count). The van der Waals surface area contributed by atoms with Crippen LogP contribution in [0.5, 0.6) is 0 Å². The zero-order chi connectivity index (χ0) is 12.5. The minimum absolute atomic E-state index is 0.589. The van der Waals surface area contributed by atoms with E-state index < -0.39 is 0 Å². The van der Waals surface area contributed by atoms with Crippen molar-refractivity contribution in [3.05, 3.63) is 58.7 Å². The number of rotatable bonds is 2. The molecular formula is C16H14Cl2. The molecular weight excluding hydrogens is 263 g/mol. The summed E-state index contributed by atoms with van der Waals surface area (Å²) >= 11 is 11.8. The third kappa shape index (κ3) is 2.04. The van der Waals surface area contributed by atoms with Crippen molar-refractivity contribution in [1.29, 1.82) is 0 Å². The summed E-state index contributed by atoms with van der Waals surface area (Å²) in [5.74, 6) is 1.18. The van der Waals surface area contributed by atoms with Crippen LogP contribution in [0.3, 0.4) is 0 Å². The molecule has 0 nitrogen and oxygen atoms in total. The van der Waals surface area contributed by atoms with E-state index in [9.17, 15) is 0 Å². The molecule has 0 unspecified atom stereocenters. The van der Waals surface area contributed by atoms with Crippen LogP contribution in [0.4, 0.5) is 0 Å². The summed E-state index contributed by atoms with van der Waals surface area (Å²) in [6, 6.07) is 13.1. The molecule has 0 aromatic heterocycles. The van der Waals surface area contributed by atoms with Crippen molar-refractivity contribution < 1.29 is 0 Å². The molecule has 0 saturated heterocycles. The molecule has 2 aromatic rings. The van der Waals surface area contributed by atoms with Crippen molar-refractivity contribution in [2.24, 2.45) is 0 Å². The zero-order valence-electron chi connectivity index (χ0n) is 10.0. The first-order valence-electron chi connectivity index (χ1n) is 6.17. The average Bonchev–Trinajstić information content (AvgIpc) is 2.45. The third-order valence-corrected chi connectivity index (χ3v) is 4.22. The molecule has 0 fully saturated rings. The van der Waals surface area contributed by atoms with Crippen molar-refractivity contribution in [1.82, 2.24) is 0 Å². The lowest BCUT2D eigenvalue weighted by molar-refractivity contribution is 0.936. The fraction of sp³-hybridized carbons (Fsp3) is 0.250. The summed E-state index contributed by atoms with van der Waals surface area (Å²) in [5.41, 5.74) is 7.95. The van der Waals surface area contributed by atoms with Gasteiger partial charge < -0.3 is 0 Å². The van der Waals surface area contributed by atoms with E-state index in [1.54, 1.807) is 0 Å². The summed E-state index contributed by atoms with van der Waals surface area (Å²) in [6.07, 6.45) is 2.19. The van der Waals surface area contributed by atoms with Gasteiger partial charge in [-0.1, -0.05) is 36.4 Å². The Morgan fingerprint density at radius 3 is 1.56 bits per heavy atom. The van der Waals surface area contributed by atoms with Gasteiger partial charge in [0.15, 0.2) is 0 Å². The average molecular weight is 277 g/mol. The summed E-state index contributed by atoms with van der Waals surface area (Å²) < 4.78 is 0. The summed E-state index contributed by atoms with van der Waals surface area (Å²) in [6.45, 7) is 0. The molecule has 0 radical (unpaired) electrons. The zero-order valence-corrected chi connectivity index (χ0v) is 11.6. The van der Waals surface area contributed by atoms with E-state index in [-0.39, 0.29) is 0 Å². The van der Waals surface area contributed by atoms with E-state index in [4.69, 9.17) is 23.2 Å². The predicted molar refractivity (Wildman–Crippen MR) is 78.4 cm³/mol. The van der Waals surface area contributed by atoms with Crippen LogP contribution in [0.25, 0.3) is 11.1 Å². The molecule has 0 atom stereocenters. The molecule has 0 saturated carbocycles. The minimum Gasteiger partial charge on any atom is -0.122 e. The van der Waals surface area contributed by atoms with Crippen LogP contribution in [-0.4, -0.2) is 0 Å². The summed E-state index contributed by atoms with van der Waals surface area (Å²) in [7, 11) is 0.